The molecule has 0 unspecified atom stereocenters. The van der Waals surface area contributed by atoms with E-state index in [1.807, 2.05) is 0 Å². The highest BCUT2D eigenvalue weighted by Gasteiger charge is 2.19. The number of hydrogen-bond acceptors (Lipinski definition) is 6. The first-order valence-electron chi connectivity index (χ1n) is 7.72. The van der Waals surface area contributed by atoms with Crippen molar-refractivity contribution in [2.24, 2.45) is 5.73 Å². The van der Waals surface area contributed by atoms with Gasteiger partial charge in [-0.25, -0.2) is 4.79 Å². The summed E-state index contributed by atoms with van der Waals surface area (Å²) < 4.78 is 10.0. The largest absolute Gasteiger partial charge is 0.508 e. The fraction of sp³-hybridized carbons (Fsp3) is 0.222. The minimum atomic E-state index is -0.546. The Morgan fingerprint density at radius 2 is 1.88 bits per heavy atom. The topological polar surface area (TPSA) is 98.9 Å². The van der Waals surface area contributed by atoms with Crippen molar-refractivity contribution in [1.82, 2.24) is 0 Å². The highest BCUT2D eigenvalue weighted by Crippen LogP contribution is 2.36. The molecule has 0 saturated heterocycles. The van der Waals surface area contributed by atoms with Gasteiger partial charge >= 0.3 is 5.97 Å². The van der Waals surface area contributed by atoms with E-state index in [9.17, 15) is 14.7 Å². The Labute approximate surface area is 160 Å². The zero-order chi connectivity index (χ0) is 19.3. The zero-order valence-electron chi connectivity index (χ0n) is 13.9. The average Bonchev–Trinajstić information content (AvgIpc) is 2.62. The number of nitrogens with two attached hydrogens (primary N) is 1. The first kappa shape index (κ1) is 20.0. The second kappa shape index (κ2) is 8.89. The smallest absolute Gasteiger partial charge is 0.344 e. The van der Waals surface area contributed by atoms with Crippen LogP contribution in [-0.2, 0) is 16.1 Å². The van der Waals surface area contributed by atoms with Crippen LogP contribution in [0.1, 0.15) is 28.4 Å². The summed E-state index contributed by atoms with van der Waals surface area (Å²) in [6.07, 6.45) is 0. The lowest BCUT2D eigenvalue weighted by Crippen LogP contribution is -2.15. The first-order valence-corrected chi connectivity index (χ1v) is 8.47. The molecule has 0 fully saturated rings. The summed E-state index contributed by atoms with van der Waals surface area (Å²) in [6, 6.07) is 7.30. The standard InChI is InChI=1S/C18H17Cl2NO5/c1-2-25-15(23)9-26-14-6-5-12(16(19)17(14)20)18(24)10-3-4-11(8-21)13(22)7-10/h3-7,22H,2,8-9,21H2,1H3. The molecule has 3 N–H and O–H groups in total. The van der Waals surface area contributed by atoms with Crippen molar-refractivity contribution in [3.8, 4) is 11.5 Å². The van der Waals surface area contributed by atoms with Gasteiger partial charge in [0.2, 0.25) is 0 Å². The third-order valence-corrected chi connectivity index (χ3v) is 4.37. The number of hydrogen-bond donors (Lipinski definition) is 2. The van der Waals surface area contributed by atoms with E-state index in [4.69, 9.17) is 38.4 Å². The molecular formula is C18H17Cl2NO5. The highest BCUT2D eigenvalue weighted by molar-refractivity contribution is 6.45. The SMILES string of the molecule is CCOC(=O)COc1ccc(C(=O)c2ccc(CN)c(O)c2)c(Cl)c1Cl. The van der Waals surface area contributed by atoms with Gasteiger partial charge in [-0.15, -0.1) is 0 Å². The molecule has 2 rings (SSSR count). The third kappa shape index (κ3) is 4.46. The number of ketones is 1. The van der Waals surface area contributed by atoms with Gasteiger partial charge in [-0.1, -0.05) is 35.3 Å². The van der Waals surface area contributed by atoms with Crippen LogP contribution in [0.3, 0.4) is 0 Å². The Morgan fingerprint density at radius 1 is 1.15 bits per heavy atom. The van der Waals surface area contributed by atoms with E-state index >= 15 is 0 Å². The van der Waals surface area contributed by atoms with E-state index in [1.165, 1.54) is 18.2 Å². The molecule has 2 aromatic carbocycles. The summed E-state index contributed by atoms with van der Waals surface area (Å²) in [4.78, 5) is 24.0. The van der Waals surface area contributed by atoms with Crippen molar-refractivity contribution in [2.75, 3.05) is 13.2 Å². The molecule has 0 aromatic heterocycles. The molecule has 138 valence electrons. The van der Waals surface area contributed by atoms with Crippen LogP contribution in [-0.4, -0.2) is 30.1 Å². The molecular weight excluding hydrogens is 381 g/mol. The second-order valence-corrected chi connectivity index (χ2v) is 5.97. The molecule has 2 aromatic rings. The Hall–Kier alpha value is -2.28. The van der Waals surface area contributed by atoms with Crippen LogP contribution in [0.5, 0.6) is 11.5 Å². The number of carbonyl (C=O) groups excluding carboxylic acids is 2. The molecule has 0 amide bonds. The number of carbonyl (C=O) groups is 2. The molecule has 0 heterocycles. The monoisotopic (exact) mass is 397 g/mol. The number of ether oxygens (including phenoxy) is 2. The van der Waals surface area contributed by atoms with Crippen molar-refractivity contribution < 1.29 is 24.2 Å². The van der Waals surface area contributed by atoms with Gasteiger partial charge in [-0.3, -0.25) is 4.79 Å². The summed E-state index contributed by atoms with van der Waals surface area (Å²) in [5.74, 6) is -0.888. The van der Waals surface area contributed by atoms with Crippen molar-refractivity contribution in [3.05, 3.63) is 57.1 Å². The van der Waals surface area contributed by atoms with Crippen LogP contribution in [0, 0.1) is 0 Å². The number of rotatable bonds is 7. The van der Waals surface area contributed by atoms with Crippen molar-refractivity contribution in [1.29, 1.82) is 0 Å². The summed E-state index contributed by atoms with van der Waals surface area (Å²) in [7, 11) is 0. The number of halogens is 2. The third-order valence-electron chi connectivity index (χ3n) is 3.51. The number of esters is 1. The maximum atomic E-state index is 12.6. The molecule has 0 aliphatic rings. The Kier molecular flexibility index (Phi) is 6.85. The zero-order valence-corrected chi connectivity index (χ0v) is 15.4. The van der Waals surface area contributed by atoms with Gasteiger partial charge in [-0.2, -0.15) is 0 Å². The number of phenols is 1. The van der Waals surface area contributed by atoms with E-state index < -0.39 is 11.8 Å². The molecule has 0 saturated carbocycles. The van der Waals surface area contributed by atoms with E-state index in [0.717, 1.165) is 0 Å². The van der Waals surface area contributed by atoms with Gasteiger partial charge in [0.05, 0.1) is 11.6 Å². The molecule has 26 heavy (non-hydrogen) atoms. The van der Waals surface area contributed by atoms with Crippen LogP contribution in [0.15, 0.2) is 30.3 Å². The van der Waals surface area contributed by atoms with Crippen LogP contribution in [0.25, 0.3) is 0 Å². The van der Waals surface area contributed by atoms with Crippen molar-refractivity contribution in [3.63, 3.8) is 0 Å². The molecule has 0 spiro atoms. The van der Waals surface area contributed by atoms with Crippen molar-refractivity contribution >= 4 is 35.0 Å². The Morgan fingerprint density at radius 3 is 2.50 bits per heavy atom. The summed E-state index contributed by atoms with van der Waals surface area (Å²) >= 11 is 12.3. The van der Waals surface area contributed by atoms with E-state index in [2.05, 4.69) is 0 Å². The van der Waals surface area contributed by atoms with Crippen LogP contribution in [0.2, 0.25) is 10.0 Å². The Bertz CT molecular complexity index is 839. The lowest BCUT2D eigenvalue weighted by Gasteiger charge is -2.12. The quantitative estimate of drug-likeness (QED) is 0.548. The predicted molar refractivity (Wildman–Crippen MR) is 98.0 cm³/mol. The van der Waals surface area contributed by atoms with E-state index in [-0.39, 0.29) is 52.4 Å². The lowest BCUT2D eigenvalue weighted by atomic mass is 10.0. The summed E-state index contributed by atoms with van der Waals surface area (Å²) in [5, 5.41) is 9.86. The first-order chi connectivity index (χ1) is 12.4. The fourth-order valence-corrected chi connectivity index (χ4v) is 2.65. The minimum Gasteiger partial charge on any atom is -0.508 e. The second-order valence-electron chi connectivity index (χ2n) is 5.21. The van der Waals surface area contributed by atoms with Crippen LogP contribution >= 0.6 is 23.2 Å². The van der Waals surface area contributed by atoms with E-state index in [1.54, 1.807) is 19.1 Å². The van der Waals surface area contributed by atoms with Gasteiger partial charge < -0.3 is 20.3 Å². The maximum absolute atomic E-state index is 12.6. The van der Waals surface area contributed by atoms with E-state index in [0.29, 0.717) is 5.56 Å². The van der Waals surface area contributed by atoms with Gasteiger partial charge in [-0.05, 0) is 25.1 Å². The Balaban J connectivity index is 2.25. The van der Waals surface area contributed by atoms with Gasteiger partial charge in [0.25, 0.3) is 0 Å². The lowest BCUT2D eigenvalue weighted by molar-refractivity contribution is -0.145. The van der Waals surface area contributed by atoms with Crippen molar-refractivity contribution in [2.45, 2.75) is 13.5 Å². The molecule has 6 nitrogen and oxygen atoms in total. The molecule has 0 aliphatic heterocycles. The van der Waals surface area contributed by atoms with Crippen LogP contribution in [0.4, 0.5) is 0 Å². The predicted octanol–water partition coefficient (Wildman–Crippen LogP) is 3.33. The van der Waals surface area contributed by atoms with Gasteiger partial charge in [0.15, 0.2) is 12.4 Å². The molecule has 8 heteroatoms. The summed E-state index contributed by atoms with van der Waals surface area (Å²) in [6.45, 7) is 1.74. The van der Waals surface area contributed by atoms with Gasteiger partial charge in [0.1, 0.15) is 16.5 Å². The molecule has 0 bridgehead atoms. The molecule has 0 aliphatic carbocycles. The van der Waals surface area contributed by atoms with Gasteiger partial charge in [0, 0.05) is 23.2 Å². The number of benzene rings is 2. The minimum absolute atomic E-state index is 0.00427. The molecule has 0 radical (unpaired) electrons. The molecule has 0 atom stereocenters. The number of phenolic OH excluding ortho intramolecular Hbond substituents is 1. The fourth-order valence-electron chi connectivity index (χ4n) is 2.19. The average molecular weight is 398 g/mol. The summed E-state index contributed by atoms with van der Waals surface area (Å²) in [5.41, 5.74) is 6.38. The van der Waals surface area contributed by atoms with Crippen LogP contribution < -0.4 is 10.5 Å². The maximum Gasteiger partial charge on any atom is 0.344 e. The highest BCUT2D eigenvalue weighted by atomic mass is 35.5. The number of aromatic hydroxyl groups is 1. The normalized spacial score (nSPS) is 10.5.